The average molecular weight is 164 g/mol. The molecular formula is C4H9OZr+3. The van der Waals surface area contributed by atoms with Crippen LogP contribution < -0.4 is 5.11 Å². The fourth-order valence-corrected chi connectivity index (χ4v) is 0.144. The summed E-state index contributed by atoms with van der Waals surface area (Å²) in [6.45, 7) is 2.11. The molecule has 0 aliphatic carbocycles. The molecule has 1 nitrogen and oxygen atoms in total. The molecule has 0 saturated carbocycles. The molecule has 0 amide bonds. The van der Waals surface area contributed by atoms with E-state index in [1.54, 1.807) is 0 Å². The van der Waals surface area contributed by atoms with Crippen LogP contribution in [0.5, 0.6) is 0 Å². The van der Waals surface area contributed by atoms with Gasteiger partial charge >= 0.3 is 26.2 Å². The van der Waals surface area contributed by atoms with Crippen molar-refractivity contribution in [1.29, 1.82) is 0 Å². The largest absolute Gasteiger partial charge is 4.00 e. The number of rotatable bonds is 2. The predicted molar refractivity (Wildman–Crippen MR) is 19.8 cm³/mol. The van der Waals surface area contributed by atoms with Crippen LogP contribution in [0.4, 0.5) is 0 Å². The first kappa shape index (κ1) is 9.96. The molecule has 0 bridgehead atoms. The molecule has 6 heavy (non-hydrogen) atoms. The Morgan fingerprint density at radius 2 is 2.00 bits per heavy atom. The number of hydrogen-bond acceptors (Lipinski definition) is 1. The van der Waals surface area contributed by atoms with Gasteiger partial charge in [0.2, 0.25) is 0 Å². The van der Waals surface area contributed by atoms with Crippen molar-refractivity contribution in [3.8, 4) is 0 Å². The van der Waals surface area contributed by atoms with Crippen molar-refractivity contribution in [2.24, 2.45) is 0 Å². The predicted octanol–water partition coefficient (Wildman–Crippen LogP) is 0.144. The van der Waals surface area contributed by atoms with Crippen molar-refractivity contribution in [1.82, 2.24) is 0 Å². The summed E-state index contributed by atoms with van der Waals surface area (Å²) < 4.78 is 0. The molecule has 0 aromatic carbocycles. The molecular weight excluding hydrogens is 155 g/mol. The van der Waals surface area contributed by atoms with E-state index in [1.165, 1.54) is 0 Å². The maximum absolute atomic E-state index is 9.53. The van der Waals surface area contributed by atoms with Crippen molar-refractivity contribution in [3.05, 3.63) is 0 Å². The number of hydrogen-bond donors (Lipinski definition) is 0. The topological polar surface area (TPSA) is 23.1 Å². The second kappa shape index (κ2) is 9.28. The van der Waals surface area contributed by atoms with Gasteiger partial charge in [-0.25, -0.2) is 0 Å². The fraction of sp³-hybridized carbons (Fsp3) is 1.00. The zero-order chi connectivity index (χ0) is 4.12. The second-order valence-corrected chi connectivity index (χ2v) is 1.06. The minimum absolute atomic E-state index is 0. The Bertz CT molecular complexity index is 15.0. The summed E-state index contributed by atoms with van der Waals surface area (Å²) in [7, 11) is 0. The maximum Gasteiger partial charge on any atom is 4.00 e. The molecule has 0 atom stereocenters. The van der Waals surface area contributed by atoms with Crippen LogP contribution >= 0.6 is 0 Å². The van der Waals surface area contributed by atoms with Crippen LogP contribution in [0.25, 0.3) is 0 Å². The van der Waals surface area contributed by atoms with Crippen LogP contribution in [-0.4, -0.2) is 6.61 Å². The number of unbranched alkanes of at least 4 members (excludes halogenated alkanes) is 1. The van der Waals surface area contributed by atoms with E-state index in [9.17, 15) is 5.11 Å². The van der Waals surface area contributed by atoms with E-state index >= 15 is 0 Å². The maximum atomic E-state index is 9.53. The minimum atomic E-state index is 0. The molecule has 0 aromatic heterocycles. The van der Waals surface area contributed by atoms with Crippen LogP contribution in [0.15, 0.2) is 0 Å². The van der Waals surface area contributed by atoms with Crippen LogP contribution in [0.2, 0.25) is 0 Å². The molecule has 0 unspecified atom stereocenters. The summed E-state index contributed by atoms with van der Waals surface area (Å²) in [4.78, 5) is 0. The molecule has 0 saturated heterocycles. The Morgan fingerprint density at radius 1 is 1.50 bits per heavy atom. The zero-order valence-corrected chi connectivity index (χ0v) is 6.49. The van der Waals surface area contributed by atoms with E-state index in [0.717, 1.165) is 12.8 Å². The summed E-state index contributed by atoms with van der Waals surface area (Å²) in [5, 5.41) is 9.53. The van der Waals surface area contributed by atoms with Crippen LogP contribution in [0.3, 0.4) is 0 Å². The monoisotopic (exact) mass is 163 g/mol. The minimum Gasteiger partial charge on any atom is -0.854 e. The van der Waals surface area contributed by atoms with E-state index in [4.69, 9.17) is 0 Å². The van der Waals surface area contributed by atoms with Gasteiger partial charge in [0.15, 0.2) is 0 Å². The summed E-state index contributed by atoms with van der Waals surface area (Å²) >= 11 is 0. The third-order valence-electron chi connectivity index (χ3n) is 0.498. The first-order valence-corrected chi connectivity index (χ1v) is 2.00. The molecule has 2 heteroatoms. The Balaban J connectivity index is 0. The van der Waals surface area contributed by atoms with Crippen LogP contribution in [0, 0.1) is 0 Å². The quantitative estimate of drug-likeness (QED) is 0.569. The van der Waals surface area contributed by atoms with Gasteiger partial charge in [-0.3, -0.25) is 0 Å². The molecule has 0 aromatic rings. The smallest absolute Gasteiger partial charge is 0.854 e. The van der Waals surface area contributed by atoms with Crippen molar-refractivity contribution < 1.29 is 31.3 Å². The third-order valence-corrected chi connectivity index (χ3v) is 0.498. The van der Waals surface area contributed by atoms with Gasteiger partial charge in [0.05, 0.1) is 0 Å². The van der Waals surface area contributed by atoms with Crippen molar-refractivity contribution in [3.63, 3.8) is 0 Å². The van der Waals surface area contributed by atoms with Gasteiger partial charge in [-0.1, -0.05) is 19.8 Å². The SMILES string of the molecule is CCCC[O-].[Zr+4]. The normalized spacial score (nSPS) is 7.00. The van der Waals surface area contributed by atoms with E-state index < -0.39 is 0 Å². The van der Waals surface area contributed by atoms with E-state index in [1.807, 2.05) is 6.92 Å². The van der Waals surface area contributed by atoms with Crippen LogP contribution in [0.1, 0.15) is 19.8 Å². The third kappa shape index (κ3) is 8.85. The van der Waals surface area contributed by atoms with Gasteiger partial charge in [0, 0.05) is 0 Å². The average Bonchev–Trinajstić information content (AvgIpc) is 1.41. The van der Waals surface area contributed by atoms with E-state index in [2.05, 4.69) is 0 Å². The molecule has 0 spiro atoms. The van der Waals surface area contributed by atoms with Gasteiger partial charge in [0.1, 0.15) is 0 Å². The zero-order valence-electron chi connectivity index (χ0n) is 4.03. The Morgan fingerprint density at radius 3 is 2.00 bits per heavy atom. The van der Waals surface area contributed by atoms with E-state index in [0.29, 0.717) is 0 Å². The Labute approximate surface area is 57.9 Å². The standard InChI is InChI=1S/C4H9O.Zr/c1-2-3-4-5;/h2-4H2,1H3;/q-1;+4. The molecule has 0 heterocycles. The van der Waals surface area contributed by atoms with Gasteiger partial charge in [-0.2, -0.15) is 0 Å². The summed E-state index contributed by atoms with van der Waals surface area (Å²) in [6, 6.07) is 0. The van der Waals surface area contributed by atoms with Gasteiger partial charge in [0.25, 0.3) is 0 Å². The van der Waals surface area contributed by atoms with E-state index in [-0.39, 0.29) is 32.8 Å². The first-order chi connectivity index (χ1) is 2.41. The molecule has 0 aliphatic heterocycles. The molecule has 0 fully saturated rings. The molecule has 0 aliphatic rings. The van der Waals surface area contributed by atoms with Gasteiger partial charge < -0.3 is 5.11 Å². The molecule has 32 valence electrons. The second-order valence-electron chi connectivity index (χ2n) is 1.06. The summed E-state index contributed by atoms with van der Waals surface area (Å²) in [5.74, 6) is 0. The molecule has 0 rings (SSSR count). The molecule has 0 radical (unpaired) electrons. The van der Waals surface area contributed by atoms with Crippen LogP contribution in [-0.2, 0) is 26.2 Å². The summed E-state index contributed by atoms with van der Waals surface area (Å²) in [5.41, 5.74) is 0. The van der Waals surface area contributed by atoms with Gasteiger partial charge in [-0.05, 0) is 0 Å². The van der Waals surface area contributed by atoms with Crippen molar-refractivity contribution >= 4 is 0 Å². The van der Waals surface area contributed by atoms with Crippen molar-refractivity contribution in [2.45, 2.75) is 19.8 Å². The Kier molecular flexibility index (Phi) is 15.4. The van der Waals surface area contributed by atoms with Gasteiger partial charge in [-0.15, -0.1) is 6.61 Å². The fourth-order valence-electron chi connectivity index (χ4n) is 0.144. The Hall–Kier alpha value is 0.843. The first-order valence-electron chi connectivity index (χ1n) is 2.00. The van der Waals surface area contributed by atoms with Crippen molar-refractivity contribution in [2.75, 3.05) is 6.61 Å². The summed E-state index contributed by atoms with van der Waals surface area (Å²) in [6.07, 6.45) is 1.86. The molecule has 0 N–H and O–H groups in total.